The molecule has 0 spiro atoms. The Labute approximate surface area is 164 Å². The van der Waals surface area contributed by atoms with E-state index in [2.05, 4.69) is 26.3 Å². The maximum absolute atomic E-state index is 12.9. The molecule has 0 aliphatic rings. The molecule has 138 valence electrons. The molecule has 6 nitrogen and oxygen atoms in total. The van der Waals surface area contributed by atoms with Crippen LogP contribution < -0.4 is 5.32 Å². The van der Waals surface area contributed by atoms with Gasteiger partial charge in [-0.05, 0) is 35.3 Å². The predicted octanol–water partition coefficient (Wildman–Crippen LogP) is 5.07. The van der Waals surface area contributed by atoms with Gasteiger partial charge in [-0.25, -0.2) is 0 Å². The summed E-state index contributed by atoms with van der Waals surface area (Å²) in [6, 6.07) is 13.9. The van der Waals surface area contributed by atoms with E-state index < -0.39 is 0 Å². The van der Waals surface area contributed by atoms with E-state index in [1.807, 2.05) is 65.7 Å². The van der Waals surface area contributed by atoms with Crippen molar-refractivity contribution in [3.05, 3.63) is 70.8 Å². The molecular formula is C20H19BrN4O2. The molecule has 3 aromatic heterocycles. The predicted molar refractivity (Wildman–Crippen MR) is 108 cm³/mol. The topological polar surface area (TPSA) is 65.0 Å². The van der Waals surface area contributed by atoms with Crippen LogP contribution in [0.4, 0.5) is 5.69 Å². The van der Waals surface area contributed by atoms with Gasteiger partial charge in [-0.3, -0.25) is 9.48 Å². The molecule has 0 fully saturated rings. The zero-order valence-electron chi connectivity index (χ0n) is 15.0. The number of furan rings is 1. The lowest BCUT2D eigenvalue weighted by Gasteiger charge is -2.10. The minimum Gasteiger partial charge on any atom is -0.448 e. The van der Waals surface area contributed by atoms with Crippen molar-refractivity contribution < 1.29 is 9.21 Å². The number of benzene rings is 1. The van der Waals surface area contributed by atoms with Gasteiger partial charge in [-0.15, -0.1) is 0 Å². The van der Waals surface area contributed by atoms with Gasteiger partial charge in [0.25, 0.3) is 5.91 Å². The van der Waals surface area contributed by atoms with Gasteiger partial charge in [0.2, 0.25) is 0 Å². The van der Waals surface area contributed by atoms with Crippen molar-refractivity contribution in [1.29, 1.82) is 0 Å². The Morgan fingerprint density at radius 2 is 2.04 bits per heavy atom. The molecule has 0 bridgehead atoms. The van der Waals surface area contributed by atoms with E-state index in [0.717, 1.165) is 11.1 Å². The summed E-state index contributed by atoms with van der Waals surface area (Å²) >= 11 is 3.36. The number of halogens is 1. The lowest BCUT2D eigenvalue weighted by molar-refractivity contribution is 0.101. The molecule has 27 heavy (non-hydrogen) atoms. The molecule has 3 heterocycles. The number of nitrogens with zero attached hydrogens (tertiary/aromatic N) is 3. The number of rotatable bonds is 5. The van der Waals surface area contributed by atoms with E-state index in [4.69, 9.17) is 4.42 Å². The van der Waals surface area contributed by atoms with Crippen LogP contribution in [0.5, 0.6) is 0 Å². The lowest BCUT2D eigenvalue weighted by Crippen LogP contribution is -2.17. The number of aromatic nitrogens is 3. The first-order valence-corrected chi connectivity index (χ1v) is 9.48. The summed E-state index contributed by atoms with van der Waals surface area (Å²) in [6.45, 7) is 4.65. The van der Waals surface area contributed by atoms with Gasteiger partial charge in [-0.1, -0.05) is 30.3 Å². The molecule has 0 unspecified atom stereocenters. The Morgan fingerprint density at radius 3 is 2.74 bits per heavy atom. The van der Waals surface area contributed by atoms with Crippen molar-refractivity contribution in [3.8, 4) is 0 Å². The van der Waals surface area contributed by atoms with Crippen LogP contribution in [0, 0.1) is 0 Å². The number of carbonyl (C=O) groups excluding carboxylic acids is 1. The van der Waals surface area contributed by atoms with Crippen LogP contribution in [-0.2, 0) is 6.54 Å². The van der Waals surface area contributed by atoms with Crippen LogP contribution in [-0.4, -0.2) is 20.3 Å². The summed E-state index contributed by atoms with van der Waals surface area (Å²) < 4.78 is 10.1. The van der Waals surface area contributed by atoms with E-state index in [1.165, 1.54) is 0 Å². The summed E-state index contributed by atoms with van der Waals surface area (Å²) in [7, 11) is 0. The average Bonchev–Trinajstić information content (AvgIpc) is 3.32. The normalized spacial score (nSPS) is 11.4. The zero-order chi connectivity index (χ0) is 19.0. The number of hydrogen-bond donors (Lipinski definition) is 1. The molecule has 1 aromatic carbocycles. The molecule has 4 aromatic rings. The molecule has 1 N–H and O–H groups in total. The van der Waals surface area contributed by atoms with E-state index in [-0.39, 0.29) is 11.9 Å². The van der Waals surface area contributed by atoms with E-state index in [9.17, 15) is 4.79 Å². The standard InChI is InChI=1S/C20H19BrN4O2/c1-13(2)25-12-15(10-22-25)23-20(26)17-8-18-16(9-19(21)27-18)24(17)11-14-6-4-3-5-7-14/h3-10,12-13H,11H2,1-2H3,(H,23,26). The second kappa shape index (κ2) is 7.08. The van der Waals surface area contributed by atoms with Crippen molar-refractivity contribution in [2.45, 2.75) is 26.4 Å². The molecule has 7 heteroatoms. The van der Waals surface area contributed by atoms with Crippen molar-refractivity contribution in [1.82, 2.24) is 14.3 Å². The first kappa shape index (κ1) is 17.6. The van der Waals surface area contributed by atoms with Gasteiger partial charge in [0.15, 0.2) is 10.3 Å². The second-order valence-corrected chi connectivity index (χ2v) is 7.44. The van der Waals surface area contributed by atoms with Crippen molar-refractivity contribution in [3.63, 3.8) is 0 Å². The van der Waals surface area contributed by atoms with Crippen LogP contribution in [0.2, 0.25) is 0 Å². The fourth-order valence-electron chi connectivity index (χ4n) is 3.02. The van der Waals surface area contributed by atoms with Crippen molar-refractivity contribution in [2.75, 3.05) is 5.32 Å². The van der Waals surface area contributed by atoms with Gasteiger partial charge in [0.05, 0.1) is 17.4 Å². The van der Waals surface area contributed by atoms with Crippen molar-refractivity contribution in [2.24, 2.45) is 0 Å². The third kappa shape index (κ3) is 3.55. The van der Waals surface area contributed by atoms with Crippen LogP contribution in [0.15, 0.2) is 63.9 Å². The highest BCUT2D eigenvalue weighted by atomic mass is 79.9. The third-order valence-electron chi connectivity index (χ3n) is 4.36. The van der Waals surface area contributed by atoms with Crippen LogP contribution in [0.25, 0.3) is 11.1 Å². The largest absolute Gasteiger partial charge is 0.448 e. The Morgan fingerprint density at radius 1 is 1.26 bits per heavy atom. The fourth-order valence-corrected chi connectivity index (χ4v) is 3.41. The number of nitrogens with one attached hydrogen (secondary N) is 1. The van der Waals surface area contributed by atoms with Gasteiger partial charge >= 0.3 is 0 Å². The maximum Gasteiger partial charge on any atom is 0.272 e. The van der Waals surface area contributed by atoms with E-state index in [1.54, 1.807) is 12.3 Å². The van der Waals surface area contributed by atoms with E-state index in [0.29, 0.717) is 28.2 Å². The van der Waals surface area contributed by atoms with Crippen LogP contribution in [0.3, 0.4) is 0 Å². The highest BCUT2D eigenvalue weighted by Gasteiger charge is 2.19. The van der Waals surface area contributed by atoms with Gasteiger partial charge < -0.3 is 14.3 Å². The first-order valence-electron chi connectivity index (χ1n) is 8.69. The quantitative estimate of drug-likeness (QED) is 0.484. The molecule has 0 atom stereocenters. The van der Waals surface area contributed by atoms with Crippen LogP contribution >= 0.6 is 15.9 Å². The molecule has 4 rings (SSSR count). The van der Waals surface area contributed by atoms with Gasteiger partial charge in [0, 0.05) is 30.9 Å². The van der Waals surface area contributed by atoms with Crippen molar-refractivity contribution >= 4 is 38.6 Å². The fraction of sp³-hybridized carbons (Fsp3) is 0.200. The Hall–Kier alpha value is -2.80. The number of amides is 1. The highest BCUT2D eigenvalue weighted by Crippen LogP contribution is 2.28. The lowest BCUT2D eigenvalue weighted by atomic mass is 10.2. The summed E-state index contributed by atoms with van der Waals surface area (Å²) in [5.74, 6) is -0.197. The molecule has 1 amide bonds. The smallest absolute Gasteiger partial charge is 0.272 e. The first-order chi connectivity index (χ1) is 13.0. The summed E-state index contributed by atoms with van der Waals surface area (Å²) in [5, 5.41) is 7.20. The Bertz CT molecular complexity index is 1090. The van der Waals surface area contributed by atoms with Gasteiger partial charge in [-0.2, -0.15) is 5.10 Å². The SMILES string of the molecule is CC(C)n1cc(NC(=O)c2cc3oc(Br)cc3n2Cc2ccccc2)cn1. The average molecular weight is 427 g/mol. The third-order valence-corrected chi connectivity index (χ3v) is 4.75. The highest BCUT2D eigenvalue weighted by molar-refractivity contribution is 9.10. The number of anilines is 1. The number of fused-ring (bicyclic) bond motifs is 1. The number of carbonyl (C=O) groups is 1. The Balaban J connectivity index is 1.68. The molecule has 0 saturated carbocycles. The van der Waals surface area contributed by atoms with E-state index >= 15 is 0 Å². The molecule has 0 saturated heterocycles. The molecule has 0 radical (unpaired) electrons. The Kier molecular flexibility index (Phi) is 4.61. The maximum atomic E-state index is 12.9. The minimum atomic E-state index is -0.197. The van der Waals surface area contributed by atoms with Gasteiger partial charge in [0.1, 0.15) is 5.69 Å². The zero-order valence-corrected chi connectivity index (χ0v) is 16.6. The summed E-state index contributed by atoms with van der Waals surface area (Å²) in [6.07, 6.45) is 3.48. The summed E-state index contributed by atoms with van der Waals surface area (Å²) in [5.41, 5.74) is 3.85. The molecular weight excluding hydrogens is 408 g/mol. The molecule has 0 aliphatic heterocycles. The monoisotopic (exact) mass is 426 g/mol. The minimum absolute atomic E-state index is 0.197. The second-order valence-electron chi connectivity index (χ2n) is 6.66. The number of hydrogen-bond acceptors (Lipinski definition) is 3. The molecule has 0 aliphatic carbocycles. The summed E-state index contributed by atoms with van der Waals surface area (Å²) in [4.78, 5) is 12.9. The van der Waals surface area contributed by atoms with Crippen LogP contribution in [0.1, 0.15) is 35.9 Å².